The molecule has 2 aliphatic rings. The van der Waals surface area contributed by atoms with Gasteiger partial charge in [0.2, 0.25) is 5.89 Å². The van der Waals surface area contributed by atoms with Gasteiger partial charge in [-0.05, 0) is 42.2 Å². The Kier molecular flexibility index (Phi) is 4.94. The molecule has 6 rings (SSSR count). The summed E-state index contributed by atoms with van der Waals surface area (Å²) in [5.41, 5.74) is 4.12. The maximum atomic E-state index is 12.8. The van der Waals surface area contributed by atoms with Crippen LogP contribution in [0.5, 0.6) is 0 Å². The number of hydrogen-bond acceptors (Lipinski definition) is 8. The van der Waals surface area contributed by atoms with Gasteiger partial charge in [-0.2, -0.15) is 4.98 Å². The van der Waals surface area contributed by atoms with Crippen LogP contribution in [0.1, 0.15) is 35.2 Å². The van der Waals surface area contributed by atoms with Crippen LogP contribution in [0.4, 0.5) is 0 Å². The lowest BCUT2D eigenvalue weighted by Gasteiger charge is -2.10. The first-order chi connectivity index (χ1) is 17.1. The molecule has 0 bridgehead atoms. The summed E-state index contributed by atoms with van der Waals surface area (Å²) in [5.74, 6) is 2.86. The third kappa shape index (κ3) is 3.58. The summed E-state index contributed by atoms with van der Waals surface area (Å²) in [6.45, 7) is 3.68. The number of benzene rings is 1. The van der Waals surface area contributed by atoms with Crippen molar-refractivity contribution in [2.45, 2.75) is 18.9 Å². The van der Waals surface area contributed by atoms with Gasteiger partial charge < -0.3 is 13.8 Å². The minimum absolute atomic E-state index is 0.171. The summed E-state index contributed by atoms with van der Waals surface area (Å²) in [6.07, 6.45) is 7.92. The van der Waals surface area contributed by atoms with Gasteiger partial charge in [-0.1, -0.05) is 29.4 Å². The third-order valence-electron chi connectivity index (χ3n) is 6.81. The van der Waals surface area contributed by atoms with E-state index in [1.807, 2.05) is 12.1 Å². The monoisotopic (exact) mass is 469 g/mol. The van der Waals surface area contributed by atoms with Gasteiger partial charge in [-0.15, -0.1) is 0 Å². The number of aryl methyl sites for hydroxylation is 1. The molecular formula is C25H23N7O3. The predicted octanol–water partition coefficient (Wildman–Crippen LogP) is 3.02. The zero-order valence-corrected chi connectivity index (χ0v) is 19.3. The molecule has 3 unspecified atom stereocenters. The maximum Gasteiger partial charge on any atom is 0.280 e. The second kappa shape index (κ2) is 8.15. The Balaban J connectivity index is 1.18. The molecule has 0 amide bonds. The van der Waals surface area contributed by atoms with Gasteiger partial charge in [-0.3, -0.25) is 14.4 Å². The molecule has 0 saturated heterocycles. The van der Waals surface area contributed by atoms with Crippen molar-refractivity contribution in [2.75, 3.05) is 7.11 Å². The van der Waals surface area contributed by atoms with Crippen molar-refractivity contribution in [3.63, 3.8) is 0 Å². The molecule has 10 heteroatoms. The van der Waals surface area contributed by atoms with Crippen molar-refractivity contribution in [1.29, 1.82) is 0 Å². The largest absolute Gasteiger partial charge is 0.495 e. The second-order valence-corrected chi connectivity index (χ2v) is 8.88. The van der Waals surface area contributed by atoms with Crippen molar-refractivity contribution < 1.29 is 9.26 Å². The van der Waals surface area contributed by atoms with Crippen molar-refractivity contribution in [1.82, 2.24) is 29.2 Å². The van der Waals surface area contributed by atoms with Gasteiger partial charge in [0.25, 0.3) is 5.56 Å². The van der Waals surface area contributed by atoms with Crippen LogP contribution in [0.25, 0.3) is 22.5 Å². The van der Waals surface area contributed by atoms with Crippen molar-refractivity contribution in [3.8, 4) is 0 Å². The lowest BCUT2D eigenvalue weighted by Crippen LogP contribution is -2.22. The lowest BCUT2D eigenvalue weighted by atomic mass is 9.98. The molecular weight excluding hydrogens is 446 g/mol. The Morgan fingerprint density at radius 2 is 2.20 bits per heavy atom. The first-order valence-corrected chi connectivity index (χ1v) is 11.3. The minimum Gasteiger partial charge on any atom is -0.495 e. The molecule has 35 heavy (non-hydrogen) atoms. The SMILES string of the molecule is C=N/C=C(\OC)c1cccc(C2=CC3C(C2)C3c2noc(Cn3cnc4ncn(C)c4c3=O)n2)c1. The van der Waals surface area contributed by atoms with E-state index in [0.29, 0.717) is 40.5 Å². The topological polar surface area (TPSA) is 113 Å². The average molecular weight is 470 g/mol. The number of methoxy groups -OCH3 is 1. The number of rotatable bonds is 7. The number of ether oxygens (including phenoxy) is 1. The summed E-state index contributed by atoms with van der Waals surface area (Å²) in [4.78, 5) is 29.5. The van der Waals surface area contributed by atoms with Crippen LogP contribution in [0, 0.1) is 11.8 Å². The highest BCUT2D eigenvalue weighted by Crippen LogP contribution is 2.62. The van der Waals surface area contributed by atoms with E-state index in [2.05, 4.69) is 50.0 Å². The van der Waals surface area contributed by atoms with E-state index in [4.69, 9.17) is 9.26 Å². The van der Waals surface area contributed by atoms with Crippen LogP contribution < -0.4 is 5.56 Å². The normalized spacial score (nSPS) is 21.1. The summed E-state index contributed by atoms with van der Waals surface area (Å²) < 4.78 is 14.0. The molecule has 1 aromatic carbocycles. The van der Waals surface area contributed by atoms with E-state index in [9.17, 15) is 4.79 Å². The van der Waals surface area contributed by atoms with Gasteiger partial charge in [0.05, 0.1) is 19.6 Å². The fraction of sp³-hybridized carbons (Fsp3) is 0.280. The van der Waals surface area contributed by atoms with E-state index >= 15 is 0 Å². The molecule has 2 aliphatic carbocycles. The summed E-state index contributed by atoms with van der Waals surface area (Å²) in [5, 5.41) is 4.21. The first kappa shape index (κ1) is 21.2. The number of nitrogens with zero attached hydrogens (tertiary/aromatic N) is 7. The molecule has 176 valence electrons. The van der Waals surface area contributed by atoms with Gasteiger partial charge in [0.1, 0.15) is 18.6 Å². The molecule has 4 aromatic rings. The third-order valence-corrected chi connectivity index (χ3v) is 6.81. The highest BCUT2D eigenvalue weighted by Gasteiger charge is 2.55. The van der Waals surface area contributed by atoms with Gasteiger partial charge in [0.15, 0.2) is 17.0 Å². The van der Waals surface area contributed by atoms with Crippen LogP contribution >= 0.6 is 0 Å². The molecule has 0 N–H and O–H groups in total. The number of aliphatic imine (C=N–C) groups is 1. The highest BCUT2D eigenvalue weighted by atomic mass is 16.5. The number of allylic oxidation sites excluding steroid dienone is 2. The van der Waals surface area contributed by atoms with Crippen LogP contribution in [0.2, 0.25) is 0 Å². The molecule has 1 saturated carbocycles. The predicted molar refractivity (Wildman–Crippen MR) is 129 cm³/mol. The second-order valence-electron chi connectivity index (χ2n) is 8.88. The van der Waals surface area contributed by atoms with Crippen molar-refractivity contribution >= 4 is 29.2 Å². The highest BCUT2D eigenvalue weighted by molar-refractivity contribution is 5.74. The van der Waals surface area contributed by atoms with Crippen LogP contribution in [0.3, 0.4) is 0 Å². The van der Waals surface area contributed by atoms with Crippen LogP contribution in [-0.2, 0) is 18.3 Å². The fourth-order valence-electron chi connectivity index (χ4n) is 5.02. The van der Waals surface area contributed by atoms with E-state index in [1.165, 1.54) is 22.0 Å². The standard InChI is InChI=1S/C25H23N7O3/c1-26-10-19(34-3)15-6-4-5-14(7-15)16-8-17-18(9-16)21(17)23-29-20(35-30-23)11-32-13-28-24-22(25(32)33)31(2)12-27-24/h4-8,10,12-13,17-18,21H,1,9,11H2,2-3H3/b19-10-. The first-order valence-electron chi connectivity index (χ1n) is 11.3. The number of fused-ring (bicyclic) bond motifs is 2. The molecule has 3 heterocycles. The molecule has 0 radical (unpaired) electrons. The maximum absolute atomic E-state index is 12.8. The van der Waals surface area contributed by atoms with E-state index in [0.717, 1.165) is 12.0 Å². The summed E-state index contributed by atoms with van der Waals surface area (Å²) >= 11 is 0. The minimum atomic E-state index is -0.191. The zero-order chi connectivity index (χ0) is 24.1. The Hall–Kier alpha value is -4.34. The fourth-order valence-corrected chi connectivity index (χ4v) is 5.02. The zero-order valence-electron chi connectivity index (χ0n) is 19.3. The number of aromatic nitrogens is 6. The van der Waals surface area contributed by atoms with Gasteiger partial charge >= 0.3 is 0 Å². The van der Waals surface area contributed by atoms with Crippen molar-refractivity contribution in [3.05, 3.63) is 82.4 Å². The molecule has 0 aliphatic heterocycles. The summed E-state index contributed by atoms with van der Waals surface area (Å²) in [7, 11) is 3.39. The Morgan fingerprint density at radius 1 is 1.34 bits per heavy atom. The van der Waals surface area contributed by atoms with Gasteiger partial charge in [-0.25, -0.2) is 9.97 Å². The average Bonchev–Trinajstić information content (AvgIpc) is 3.28. The van der Waals surface area contributed by atoms with Crippen LogP contribution in [0.15, 0.2) is 63.5 Å². The number of hydrogen-bond donors (Lipinski definition) is 0. The van der Waals surface area contributed by atoms with Crippen LogP contribution in [-0.4, -0.2) is 43.1 Å². The van der Waals surface area contributed by atoms with Gasteiger partial charge in [0, 0.05) is 18.5 Å². The Bertz CT molecular complexity index is 1580. The van der Waals surface area contributed by atoms with E-state index in [1.54, 1.807) is 31.3 Å². The van der Waals surface area contributed by atoms with E-state index < -0.39 is 0 Å². The quantitative estimate of drug-likeness (QED) is 0.302. The van der Waals surface area contributed by atoms with E-state index in [-0.39, 0.29) is 18.0 Å². The Labute approximate surface area is 200 Å². The number of imidazole rings is 1. The smallest absolute Gasteiger partial charge is 0.280 e. The molecule has 1 fully saturated rings. The Morgan fingerprint density at radius 3 is 2.97 bits per heavy atom. The van der Waals surface area contributed by atoms with Crippen molar-refractivity contribution in [2.24, 2.45) is 23.9 Å². The molecule has 3 aromatic heterocycles. The molecule has 3 atom stereocenters. The molecule has 10 nitrogen and oxygen atoms in total. The molecule has 0 spiro atoms. The summed E-state index contributed by atoms with van der Waals surface area (Å²) in [6, 6.07) is 8.25. The lowest BCUT2D eigenvalue weighted by molar-refractivity contribution is 0.364.